The van der Waals surface area contributed by atoms with E-state index in [1.807, 2.05) is 0 Å². The molecular weight excluding hydrogens is 541 g/mol. The molecule has 214 valence electrons. The quantitative estimate of drug-likeness (QED) is 0.166. The summed E-state index contributed by atoms with van der Waals surface area (Å²) < 4.78 is 41.4. The Morgan fingerprint density at radius 2 is 1.73 bits per heavy atom. The molecule has 1 fully saturated rings. The van der Waals surface area contributed by atoms with Gasteiger partial charge < -0.3 is 16.0 Å². The zero-order valence-corrected chi connectivity index (χ0v) is 23.7. The number of nitrogens with zero attached hydrogens (tertiary/aromatic N) is 4. The van der Waals surface area contributed by atoms with Crippen molar-refractivity contribution < 1.29 is 12.8 Å². The van der Waals surface area contributed by atoms with E-state index in [-0.39, 0.29) is 16.8 Å². The number of hydrogen-bond acceptors (Lipinski definition) is 7. The monoisotopic (exact) mass is 575 g/mol. The van der Waals surface area contributed by atoms with Crippen LogP contribution in [0.5, 0.6) is 0 Å². The van der Waals surface area contributed by atoms with Crippen LogP contribution in [0, 0.1) is 5.82 Å². The maximum Gasteiger partial charge on any atom is 0.243 e. The Hall–Kier alpha value is -4.19. The molecule has 0 radical (unpaired) electrons. The predicted molar refractivity (Wildman–Crippen MR) is 161 cm³/mol. The van der Waals surface area contributed by atoms with E-state index in [9.17, 15) is 12.8 Å². The fourth-order valence-electron chi connectivity index (χ4n) is 4.22. The molecule has 9 nitrogen and oxygen atoms in total. The highest BCUT2D eigenvalue weighted by Gasteiger charge is 2.29. The number of anilines is 2. The Balaban J connectivity index is 1.38. The molecule has 0 amide bonds. The summed E-state index contributed by atoms with van der Waals surface area (Å²) >= 11 is 0. The first-order chi connectivity index (χ1) is 19.7. The summed E-state index contributed by atoms with van der Waals surface area (Å²) in [5.74, 6) is 0.601. The van der Waals surface area contributed by atoms with Gasteiger partial charge in [0, 0.05) is 55.6 Å². The molecule has 0 atom stereocenters. The van der Waals surface area contributed by atoms with Crippen LogP contribution in [0.15, 0.2) is 114 Å². The molecule has 2 aromatic carbocycles. The molecule has 41 heavy (non-hydrogen) atoms. The van der Waals surface area contributed by atoms with Gasteiger partial charge in [0.1, 0.15) is 17.5 Å². The van der Waals surface area contributed by atoms with Crippen LogP contribution in [-0.4, -0.2) is 47.7 Å². The number of aromatic nitrogens is 2. The van der Waals surface area contributed by atoms with Crippen molar-refractivity contribution >= 4 is 27.2 Å². The molecule has 0 aliphatic carbocycles. The second-order valence-electron chi connectivity index (χ2n) is 9.57. The zero-order valence-electron chi connectivity index (χ0n) is 22.9. The van der Waals surface area contributed by atoms with Gasteiger partial charge in [-0.3, -0.25) is 9.97 Å². The highest BCUT2D eigenvalue weighted by atomic mass is 32.2. The molecule has 0 bridgehead atoms. The first-order valence-electron chi connectivity index (χ1n) is 13.2. The Labute approximate surface area is 240 Å². The largest absolute Gasteiger partial charge is 0.340 e. The molecule has 0 unspecified atom stereocenters. The van der Waals surface area contributed by atoms with Gasteiger partial charge in [-0.05, 0) is 79.9 Å². The standard InChI is InChI=1S/C30H34FN7O2S/c1-4-5-29(35-25-8-6-23(31)7-9-25)37-30(22(2)3)36-26-10-12-28(13-11-26)41(39,40)38-18-14-24(15-19-38)34-21-27-20-32-16-17-33-27/h4-13,16-17,20,24,34-35H,1-2,14-15,18-19,21H2,3H3,(H,36,37)/b29-5-. The third-order valence-electron chi connectivity index (χ3n) is 6.43. The topological polar surface area (TPSA) is 112 Å². The number of nitrogens with one attached hydrogen (secondary N) is 3. The van der Waals surface area contributed by atoms with Crippen molar-refractivity contribution in [1.29, 1.82) is 0 Å². The lowest BCUT2D eigenvalue weighted by molar-refractivity contribution is 0.288. The van der Waals surface area contributed by atoms with E-state index in [0.717, 1.165) is 5.69 Å². The predicted octanol–water partition coefficient (Wildman–Crippen LogP) is 5.08. The minimum Gasteiger partial charge on any atom is -0.340 e. The first kappa shape index (κ1) is 29.8. The van der Waals surface area contributed by atoms with E-state index >= 15 is 0 Å². The fourth-order valence-corrected chi connectivity index (χ4v) is 5.69. The molecule has 1 aromatic heterocycles. The average molecular weight is 576 g/mol. The number of sulfonamides is 1. The third kappa shape index (κ3) is 8.40. The number of piperidine rings is 1. The SMILES string of the molecule is C=C/C=C(\N=C(\Nc1ccc(S(=O)(=O)N2CCC(NCc3cnccn3)CC2)cc1)C(=C)C)Nc1ccc(F)cc1. The Morgan fingerprint density at radius 1 is 1.07 bits per heavy atom. The van der Waals surface area contributed by atoms with Crippen molar-refractivity contribution in [2.75, 3.05) is 23.7 Å². The van der Waals surface area contributed by atoms with Gasteiger partial charge in [0.25, 0.3) is 0 Å². The van der Waals surface area contributed by atoms with E-state index < -0.39 is 10.0 Å². The second-order valence-corrected chi connectivity index (χ2v) is 11.5. The van der Waals surface area contributed by atoms with Gasteiger partial charge in [-0.2, -0.15) is 4.31 Å². The van der Waals surface area contributed by atoms with Crippen molar-refractivity contribution in [2.24, 2.45) is 4.99 Å². The van der Waals surface area contributed by atoms with E-state index in [0.29, 0.717) is 61.1 Å². The normalized spacial score (nSPS) is 15.4. The van der Waals surface area contributed by atoms with Gasteiger partial charge in [0.2, 0.25) is 10.0 Å². The van der Waals surface area contributed by atoms with E-state index in [4.69, 9.17) is 0 Å². The summed E-state index contributed by atoms with van der Waals surface area (Å²) in [4.78, 5) is 13.2. The molecule has 2 heterocycles. The van der Waals surface area contributed by atoms with Crippen molar-refractivity contribution in [3.63, 3.8) is 0 Å². The summed E-state index contributed by atoms with van der Waals surface area (Å²) in [6.45, 7) is 11.0. The number of aliphatic imine (C=N–C) groups is 1. The van der Waals surface area contributed by atoms with Gasteiger partial charge in [-0.1, -0.05) is 19.2 Å². The lowest BCUT2D eigenvalue weighted by Crippen LogP contribution is -2.44. The Bertz CT molecular complexity index is 1500. The molecule has 1 aliphatic heterocycles. The molecule has 11 heteroatoms. The molecule has 1 saturated heterocycles. The number of amidine groups is 1. The van der Waals surface area contributed by atoms with Crippen LogP contribution in [0.2, 0.25) is 0 Å². The van der Waals surface area contributed by atoms with Crippen LogP contribution in [0.3, 0.4) is 0 Å². The molecule has 4 rings (SSSR count). The highest BCUT2D eigenvalue weighted by molar-refractivity contribution is 7.89. The summed E-state index contributed by atoms with van der Waals surface area (Å²) in [7, 11) is -3.63. The van der Waals surface area contributed by atoms with Crippen LogP contribution in [0.1, 0.15) is 25.5 Å². The number of rotatable bonds is 11. The third-order valence-corrected chi connectivity index (χ3v) is 8.34. The molecule has 1 aliphatic rings. The van der Waals surface area contributed by atoms with E-state index in [2.05, 4.69) is 44.1 Å². The van der Waals surface area contributed by atoms with Crippen LogP contribution >= 0.6 is 0 Å². The number of allylic oxidation sites excluding steroid dienone is 2. The van der Waals surface area contributed by atoms with Gasteiger partial charge in [-0.15, -0.1) is 0 Å². The zero-order chi connectivity index (χ0) is 29.2. The molecule has 0 spiro atoms. The van der Waals surface area contributed by atoms with Crippen molar-refractivity contribution in [3.05, 3.63) is 115 Å². The fraction of sp³-hybridized carbons (Fsp3) is 0.233. The summed E-state index contributed by atoms with van der Waals surface area (Å²) in [6.07, 6.45) is 9.70. The number of hydrogen-bond donors (Lipinski definition) is 3. The van der Waals surface area contributed by atoms with Crippen molar-refractivity contribution in [2.45, 2.75) is 37.2 Å². The first-order valence-corrected chi connectivity index (χ1v) is 14.6. The maximum atomic E-state index is 13.3. The van der Waals surface area contributed by atoms with Crippen molar-refractivity contribution in [3.8, 4) is 0 Å². The van der Waals surface area contributed by atoms with Crippen molar-refractivity contribution in [1.82, 2.24) is 19.6 Å². The van der Waals surface area contributed by atoms with Crippen LogP contribution in [0.4, 0.5) is 15.8 Å². The maximum absolute atomic E-state index is 13.3. The average Bonchev–Trinajstić information content (AvgIpc) is 2.98. The Kier molecular flexibility index (Phi) is 10.1. The molecule has 0 saturated carbocycles. The smallest absolute Gasteiger partial charge is 0.243 e. The molecule has 3 aromatic rings. The van der Waals surface area contributed by atoms with Crippen LogP contribution < -0.4 is 16.0 Å². The van der Waals surface area contributed by atoms with E-state index in [1.165, 1.54) is 16.4 Å². The minimum atomic E-state index is -3.63. The van der Waals surface area contributed by atoms with Gasteiger partial charge in [0.05, 0.1) is 10.6 Å². The van der Waals surface area contributed by atoms with Gasteiger partial charge in [-0.25, -0.2) is 17.8 Å². The molecule has 3 N–H and O–H groups in total. The summed E-state index contributed by atoms with van der Waals surface area (Å²) in [5, 5.41) is 9.77. The van der Waals surface area contributed by atoms with Crippen LogP contribution in [-0.2, 0) is 16.6 Å². The molecular formula is C30H34FN7O2S. The van der Waals surface area contributed by atoms with Gasteiger partial charge in [0.15, 0.2) is 0 Å². The lowest BCUT2D eigenvalue weighted by atomic mass is 10.1. The van der Waals surface area contributed by atoms with E-state index in [1.54, 1.807) is 74.1 Å². The lowest BCUT2D eigenvalue weighted by Gasteiger charge is -2.31. The highest BCUT2D eigenvalue weighted by Crippen LogP contribution is 2.23. The number of halogens is 1. The van der Waals surface area contributed by atoms with Crippen LogP contribution in [0.25, 0.3) is 0 Å². The van der Waals surface area contributed by atoms with Gasteiger partial charge >= 0.3 is 0 Å². The second kappa shape index (κ2) is 13.9. The summed E-state index contributed by atoms with van der Waals surface area (Å²) in [5.41, 5.74) is 2.82. The summed E-state index contributed by atoms with van der Waals surface area (Å²) in [6, 6.07) is 12.7. The number of benzene rings is 2. The minimum absolute atomic E-state index is 0.215. The Morgan fingerprint density at radius 3 is 2.34 bits per heavy atom.